The standard InChI is InChI=1S/C29H24ClN3O4S2/c1-37-26-12-7-21(30)16-24(26)32-27(34)18-39-23-10-8-22(9-11-23)31-29(36)25(15-19-13-14-38-17-19)33-28(35)20-5-3-2-4-6-20/h2-17H,18H2,1H3,(H,31,36)(H,32,34)(H,33,35)/b25-15-. The van der Waals surface area contributed by atoms with Crippen LogP contribution >= 0.6 is 34.7 Å². The highest BCUT2D eigenvalue weighted by atomic mass is 35.5. The lowest BCUT2D eigenvalue weighted by Crippen LogP contribution is -2.30. The first kappa shape index (κ1) is 28.0. The average molecular weight is 578 g/mol. The van der Waals surface area contributed by atoms with Crippen molar-refractivity contribution < 1.29 is 19.1 Å². The Morgan fingerprint density at radius 2 is 1.74 bits per heavy atom. The minimum absolute atomic E-state index is 0.119. The van der Waals surface area contributed by atoms with Gasteiger partial charge in [0.15, 0.2) is 0 Å². The first-order valence-corrected chi connectivity index (χ1v) is 14.0. The van der Waals surface area contributed by atoms with Crippen molar-refractivity contribution in [1.82, 2.24) is 5.32 Å². The molecule has 0 aliphatic rings. The molecular weight excluding hydrogens is 554 g/mol. The van der Waals surface area contributed by atoms with Gasteiger partial charge in [-0.25, -0.2) is 0 Å². The molecule has 4 aromatic rings. The normalized spacial score (nSPS) is 11.0. The average Bonchev–Trinajstić information content (AvgIpc) is 3.46. The van der Waals surface area contributed by atoms with E-state index in [9.17, 15) is 14.4 Å². The Morgan fingerprint density at radius 1 is 0.974 bits per heavy atom. The van der Waals surface area contributed by atoms with E-state index in [0.717, 1.165) is 10.5 Å². The SMILES string of the molecule is COc1ccc(Cl)cc1NC(=O)CSc1ccc(NC(=O)/C(=C/c2ccsc2)NC(=O)c2ccccc2)cc1. The number of rotatable bonds is 10. The van der Waals surface area contributed by atoms with E-state index in [0.29, 0.717) is 27.7 Å². The number of carbonyl (C=O) groups excluding carboxylic acids is 3. The number of anilines is 2. The summed E-state index contributed by atoms with van der Waals surface area (Å²) in [4.78, 5) is 39.1. The van der Waals surface area contributed by atoms with Gasteiger partial charge in [0.2, 0.25) is 5.91 Å². The molecule has 0 saturated carbocycles. The summed E-state index contributed by atoms with van der Waals surface area (Å²) in [6, 6.07) is 22.6. The maximum atomic E-state index is 13.1. The molecule has 0 fully saturated rings. The number of nitrogens with one attached hydrogen (secondary N) is 3. The number of hydrogen-bond acceptors (Lipinski definition) is 6. The number of carbonyl (C=O) groups is 3. The summed E-state index contributed by atoms with van der Waals surface area (Å²) < 4.78 is 5.26. The number of ether oxygens (including phenoxy) is 1. The molecule has 10 heteroatoms. The van der Waals surface area contributed by atoms with Crippen molar-refractivity contribution in [1.29, 1.82) is 0 Å². The van der Waals surface area contributed by atoms with Crippen LogP contribution in [0.5, 0.6) is 5.75 Å². The van der Waals surface area contributed by atoms with Crippen LogP contribution in [0.3, 0.4) is 0 Å². The molecule has 0 spiro atoms. The number of methoxy groups -OCH3 is 1. The van der Waals surface area contributed by atoms with E-state index in [4.69, 9.17) is 16.3 Å². The molecule has 0 aliphatic heterocycles. The molecule has 198 valence electrons. The zero-order valence-corrected chi connectivity index (χ0v) is 23.2. The largest absolute Gasteiger partial charge is 0.495 e. The van der Waals surface area contributed by atoms with Crippen molar-refractivity contribution in [2.75, 3.05) is 23.5 Å². The monoisotopic (exact) mass is 577 g/mol. The van der Waals surface area contributed by atoms with E-state index in [-0.39, 0.29) is 23.3 Å². The first-order valence-electron chi connectivity index (χ1n) is 11.7. The predicted molar refractivity (Wildman–Crippen MR) is 159 cm³/mol. The van der Waals surface area contributed by atoms with Gasteiger partial charge in [-0.1, -0.05) is 29.8 Å². The smallest absolute Gasteiger partial charge is 0.272 e. The summed E-state index contributed by atoms with van der Waals surface area (Å²) in [6.07, 6.45) is 1.63. The van der Waals surface area contributed by atoms with Crippen molar-refractivity contribution in [3.05, 3.63) is 111 Å². The number of hydrogen-bond donors (Lipinski definition) is 3. The third kappa shape index (κ3) is 8.22. The zero-order valence-electron chi connectivity index (χ0n) is 20.8. The van der Waals surface area contributed by atoms with E-state index < -0.39 is 5.91 Å². The van der Waals surface area contributed by atoms with Crippen LogP contribution < -0.4 is 20.7 Å². The summed E-state index contributed by atoms with van der Waals surface area (Å²) in [5, 5.41) is 12.6. The molecule has 0 unspecified atom stereocenters. The molecule has 7 nitrogen and oxygen atoms in total. The summed E-state index contributed by atoms with van der Waals surface area (Å²) >= 11 is 8.86. The Kier molecular flexibility index (Phi) is 9.80. The fourth-order valence-corrected chi connectivity index (χ4v) is 4.90. The fraction of sp³-hybridized carbons (Fsp3) is 0.0690. The van der Waals surface area contributed by atoms with Crippen LogP contribution in [0.1, 0.15) is 15.9 Å². The highest BCUT2D eigenvalue weighted by Crippen LogP contribution is 2.28. The quantitative estimate of drug-likeness (QED) is 0.147. The molecule has 0 aliphatic carbocycles. The first-order chi connectivity index (χ1) is 18.9. The molecule has 1 heterocycles. The molecule has 3 N–H and O–H groups in total. The molecule has 0 radical (unpaired) electrons. The number of benzene rings is 3. The third-order valence-electron chi connectivity index (χ3n) is 5.30. The fourth-order valence-electron chi connectivity index (χ4n) is 3.41. The van der Waals surface area contributed by atoms with Crippen LogP contribution in [-0.2, 0) is 9.59 Å². The maximum Gasteiger partial charge on any atom is 0.272 e. The number of thioether (sulfide) groups is 1. The molecular formula is C29H24ClN3O4S2. The Labute approximate surface area is 239 Å². The van der Waals surface area contributed by atoms with Crippen LogP contribution in [0, 0.1) is 0 Å². The molecule has 3 amide bonds. The van der Waals surface area contributed by atoms with Gasteiger partial charge in [-0.2, -0.15) is 11.3 Å². The van der Waals surface area contributed by atoms with Crippen LogP contribution in [0.15, 0.2) is 100 Å². The number of amides is 3. The highest BCUT2D eigenvalue weighted by molar-refractivity contribution is 8.00. The van der Waals surface area contributed by atoms with E-state index in [2.05, 4.69) is 16.0 Å². The lowest BCUT2D eigenvalue weighted by Gasteiger charge is -2.12. The minimum atomic E-state index is -0.458. The van der Waals surface area contributed by atoms with Crippen LogP contribution in [0.4, 0.5) is 11.4 Å². The van der Waals surface area contributed by atoms with Crippen LogP contribution in [0.25, 0.3) is 6.08 Å². The zero-order chi connectivity index (χ0) is 27.6. The van der Waals surface area contributed by atoms with Gasteiger partial charge in [-0.05, 0) is 83.1 Å². The molecule has 0 atom stereocenters. The summed E-state index contributed by atoms with van der Waals surface area (Å²) in [6.45, 7) is 0. The van der Waals surface area contributed by atoms with Crippen molar-refractivity contribution in [3.8, 4) is 5.75 Å². The van der Waals surface area contributed by atoms with E-state index in [1.54, 1.807) is 72.8 Å². The molecule has 3 aromatic carbocycles. The van der Waals surface area contributed by atoms with E-state index >= 15 is 0 Å². The molecule has 1 aromatic heterocycles. The van der Waals surface area contributed by atoms with Gasteiger partial charge in [0, 0.05) is 21.2 Å². The number of halogens is 1. The molecule has 0 saturated heterocycles. The predicted octanol–water partition coefficient (Wildman–Crippen LogP) is 6.55. The lowest BCUT2D eigenvalue weighted by molar-refractivity contribution is -0.114. The topological polar surface area (TPSA) is 96.5 Å². The van der Waals surface area contributed by atoms with E-state index in [1.165, 1.54) is 30.2 Å². The molecule has 0 bridgehead atoms. The van der Waals surface area contributed by atoms with Crippen molar-refractivity contribution in [2.24, 2.45) is 0 Å². The summed E-state index contributed by atoms with van der Waals surface area (Å²) in [5.74, 6) is -0.366. The third-order valence-corrected chi connectivity index (χ3v) is 7.25. The highest BCUT2D eigenvalue weighted by Gasteiger charge is 2.15. The molecule has 4 rings (SSSR count). The Balaban J connectivity index is 1.37. The van der Waals surface area contributed by atoms with Crippen molar-refractivity contribution in [3.63, 3.8) is 0 Å². The van der Waals surface area contributed by atoms with Gasteiger partial charge in [0.05, 0.1) is 18.6 Å². The lowest BCUT2D eigenvalue weighted by atomic mass is 10.2. The second kappa shape index (κ2) is 13.7. The van der Waals surface area contributed by atoms with Crippen LogP contribution in [0.2, 0.25) is 5.02 Å². The van der Waals surface area contributed by atoms with Gasteiger partial charge in [0.25, 0.3) is 11.8 Å². The summed E-state index contributed by atoms with van der Waals surface area (Å²) in [5.41, 5.74) is 2.41. The Morgan fingerprint density at radius 3 is 2.44 bits per heavy atom. The molecule has 39 heavy (non-hydrogen) atoms. The Hall–Kier alpha value is -4.05. The maximum absolute atomic E-state index is 13.1. The van der Waals surface area contributed by atoms with Gasteiger partial charge in [-0.3, -0.25) is 14.4 Å². The second-order valence-electron chi connectivity index (χ2n) is 8.09. The summed E-state index contributed by atoms with van der Waals surface area (Å²) in [7, 11) is 1.52. The van der Waals surface area contributed by atoms with Gasteiger partial charge in [-0.15, -0.1) is 11.8 Å². The van der Waals surface area contributed by atoms with Crippen LogP contribution in [-0.4, -0.2) is 30.6 Å². The Bertz CT molecular complexity index is 1470. The van der Waals surface area contributed by atoms with E-state index in [1.807, 2.05) is 22.9 Å². The van der Waals surface area contributed by atoms with Crippen molar-refractivity contribution >= 4 is 69.9 Å². The van der Waals surface area contributed by atoms with Gasteiger partial charge in [0.1, 0.15) is 11.4 Å². The number of thiophene rings is 1. The van der Waals surface area contributed by atoms with Gasteiger partial charge < -0.3 is 20.7 Å². The minimum Gasteiger partial charge on any atom is -0.495 e. The second-order valence-corrected chi connectivity index (χ2v) is 10.4. The van der Waals surface area contributed by atoms with Crippen molar-refractivity contribution in [2.45, 2.75) is 4.90 Å². The van der Waals surface area contributed by atoms with Gasteiger partial charge >= 0.3 is 0 Å².